The predicted molar refractivity (Wildman–Crippen MR) is 55.5 cm³/mol. The Bertz CT molecular complexity index is 267. The highest BCUT2D eigenvalue weighted by Gasteiger charge is 2.38. The number of aliphatic carboxylic acids is 1. The number of hydrogen-bond acceptors (Lipinski definition) is 3. The van der Waals surface area contributed by atoms with Gasteiger partial charge in [-0.05, 0) is 18.4 Å². The summed E-state index contributed by atoms with van der Waals surface area (Å²) in [5, 5.41) is 15.6. The molecule has 2 N–H and O–H groups in total. The van der Waals surface area contributed by atoms with E-state index in [4.69, 9.17) is 5.53 Å². The van der Waals surface area contributed by atoms with Crippen LogP contribution in [0.3, 0.4) is 0 Å². The van der Waals surface area contributed by atoms with E-state index in [0.717, 1.165) is 19.3 Å². The van der Waals surface area contributed by atoms with Gasteiger partial charge in [-0.3, -0.25) is 4.79 Å². The molecule has 1 fully saturated rings. The zero-order valence-electron chi connectivity index (χ0n) is 8.65. The average Bonchev–Trinajstić information content (AvgIpc) is 2.26. The van der Waals surface area contributed by atoms with E-state index in [2.05, 4.69) is 15.3 Å². The third kappa shape index (κ3) is 3.11. The Balaban J connectivity index is 2.49. The lowest BCUT2D eigenvalue weighted by Gasteiger charge is -2.34. The van der Waals surface area contributed by atoms with Gasteiger partial charge in [0.1, 0.15) is 5.54 Å². The molecule has 6 nitrogen and oxygen atoms in total. The molecule has 1 aliphatic carbocycles. The third-order valence-corrected chi connectivity index (χ3v) is 2.85. The summed E-state index contributed by atoms with van der Waals surface area (Å²) in [5.41, 5.74) is 7.30. The highest BCUT2D eigenvalue weighted by molar-refractivity contribution is 5.78. The Morgan fingerprint density at radius 1 is 1.47 bits per heavy atom. The second-order valence-electron chi connectivity index (χ2n) is 3.83. The van der Waals surface area contributed by atoms with E-state index in [1.165, 1.54) is 0 Å². The Hall–Kier alpha value is -1.26. The maximum absolute atomic E-state index is 11.2. The molecule has 6 heteroatoms. The SMILES string of the molecule is [N-]=[N+]=NCCNC1(C(=O)O)CCCCC1. The molecule has 0 heterocycles. The van der Waals surface area contributed by atoms with Crippen molar-refractivity contribution in [1.29, 1.82) is 0 Å². The van der Waals surface area contributed by atoms with Crippen LogP contribution in [0, 0.1) is 0 Å². The molecule has 1 saturated carbocycles. The number of nitrogens with one attached hydrogen (secondary N) is 1. The molecule has 0 atom stereocenters. The Morgan fingerprint density at radius 3 is 2.67 bits per heavy atom. The summed E-state index contributed by atoms with van der Waals surface area (Å²) in [6.07, 6.45) is 4.33. The first-order valence-electron chi connectivity index (χ1n) is 5.20. The van der Waals surface area contributed by atoms with E-state index < -0.39 is 11.5 Å². The molecule has 1 aliphatic rings. The lowest BCUT2D eigenvalue weighted by Crippen LogP contribution is -2.54. The number of rotatable bonds is 5. The van der Waals surface area contributed by atoms with Crippen molar-refractivity contribution in [2.75, 3.05) is 13.1 Å². The number of nitrogens with zero attached hydrogens (tertiary/aromatic N) is 3. The molecule has 0 aromatic heterocycles. The minimum atomic E-state index is -0.789. The van der Waals surface area contributed by atoms with Crippen molar-refractivity contribution in [3.63, 3.8) is 0 Å². The first kappa shape index (κ1) is 11.8. The minimum Gasteiger partial charge on any atom is -0.480 e. The predicted octanol–water partition coefficient (Wildman–Crippen LogP) is 1.67. The van der Waals surface area contributed by atoms with Gasteiger partial charge in [-0.25, -0.2) is 0 Å². The van der Waals surface area contributed by atoms with Crippen LogP contribution in [0.15, 0.2) is 5.11 Å². The number of carboxylic acid groups (broad SMARTS) is 1. The molecule has 0 aromatic rings. The second-order valence-corrected chi connectivity index (χ2v) is 3.83. The fraction of sp³-hybridized carbons (Fsp3) is 0.889. The molecule has 0 aliphatic heterocycles. The first-order valence-corrected chi connectivity index (χ1v) is 5.20. The summed E-state index contributed by atoms with van der Waals surface area (Å²) in [6.45, 7) is 0.724. The van der Waals surface area contributed by atoms with Crippen LogP contribution in [0.5, 0.6) is 0 Å². The number of carbonyl (C=O) groups is 1. The molecule has 0 bridgehead atoms. The van der Waals surface area contributed by atoms with Crippen molar-refractivity contribution in [1.82, 2.24) is 5.32 Å². The van der Waals surface area contributed by atoms with E-state index in [9.17, 15) is 9.90 Å². The van der Waals surface area contributed by atoms with Gasteiger partial charge in [-0.15, -0.1) is 0 Å². The third-order valence-electron chi connectivity index (χ3n) is 2.85. The maximum atomic E-state index is 11.2. The Kier molecular flexibility index (Phi) is 4.39. The van der Waals surface area contributed by atoms with Crippen LogP contribution < -0.4 is 5.32 Å². The van der Waals surface area contributed by atoms with Gasteiger partial charge in [0, 0.05) is 18.0 Å². The van der Waals surface area contributed by atoms with E-state index in [1.807, 2.05) is 0 Å². The Labute approximate surface area is 88.3 Å². The second kappa shape index (κ2) is 5.58. The highest BCUT2D eigenvalue weighted by atomic mass is 16.4. The van der Waals surface area contributed by atoms with Crippen molar-refractivity contribution in [3.8, 4) is 0 Å². The van der Waals surface area contributed by atoms with Crippen molar-refractivity contribution in [2.45, 2.75) is 37.6 Å². The molecular weight excluding hydrogens is 196 g/mol. The van der Waals surface area contributed by atoms with Crippen molar-refractivity contribution in [2.24, 2.45) is 5.11 Å². The van der Waals surface area contributed by atoms with Crippen LogP contribution in [-0.4, -0.2) is 29.7 Å². The van der Waals surface area contributed by atoms with Gasteiger partial charge in [0.2, 0.25) is 0 Å². The van der Waals surface area contributed by atoms with Gasteiger partial charge in [0.25, 0.3) is 0 Å². The summed E-state index contributed by atoms with van der Waals surface area (Å²) in [7, 11) is 0. The topological polar surface area (TPSA) is 98.1 Å². The van der Waals surface area contributed by atoms with E-state index in [-0.39, 0.29) is 0 Å². The van der Waals surface area contributed by atoms with Gasteiger partial charge >= 0.3 is 5.97 Å². The van der Waals surface area contributed by atoms with Crippen molar-refractivity contribution >= 4 is 5.97 Å². The van der Waals surface area contributed by atoms with Crippen LogP contribution in [0.2, 0.25) is 0 Å². The fourth-order valence-corrected chi connectivity index (χ4v) is 2.01. The lowest BCUT2D eigenvalue weighted by molar-refractivity contribution is -0.146. The number of hydrogen-bond donors (Lipinski definition) is 2. The van der Waals surface area contributed by atoms with E-state index in [1.54, 1.807) is 0 Å². The molecule has 15 heavy (non-hydrogen) atoms. The molecule has 0 unspecified atom stereocenters. The molecule has 0 spiro atoms. The summed E-state index contributed by atoms with van der Waals surface area (Å²) in [5.74, 6) is -0.789. The van der Waals surface area contributed by atoms with Crippen LogP contribution in [0.4, 0.5) is 0 Å². The summed E-state index contributed by atoms with van der Waals surface area (Å²) < 4.78 is 0. The maximum Gasteiger partial charge on any atom is 0.323 e. The summed E-state index contributed by atoms with van der Waals surface area (Å²) >= 11 is 0. The first-order chi connectivity index (χ1) is 7.21. The largest absolute Gasteiger partial charge is 0.480 e. The summed E-state index contributed by atoms with van der Waals surface area (Å²) in [6, 6.07) is 0. The molecular formula is C9H16N4O2. The average molecular weight is 212 g/mol. The van der Waals surface area contributed by atoms with Gasteiger partial charge in [0.05, 0.1) is 0 Å². The molecule has 0 radical (unpaired) electrons. The quantitative estimate of drug-likeness (QED) is 0.314. The van der Waals surface area contributed by atoms with Gasteiger partial charge in [-0.1, -0.05) is 24.4 Å². The van der Waals surface area contributed by atoms with Crippen LogP contribution in [0.25, 0.3) is 10.4 Å². The standard InChI is InChI=1S/C9H16N4O2/c10-13-12-7-6-11-9(8(14)15)4-2-1-3-5-9/h11H,1-7H2,(H,14,15). The zero-order chi connectivity index (χ0) is 11.1. The smallest absolute Gasteiger partial charge is 0.323 e. The monoisotopic (exact) mass is 212 g/mol. The molecule has 0 aromatic carbocycles. The van der Waals surface area contributed by atoms with Gasteiger partial charge < -0.3 is 10.4 Å². The van der Waals surface area contributed by atoms with Crippen LogP contribution >= 0.6 is 0 Å². The van der Waals surface area contributed by atoms with Gasteiger partial charge in [-0.2, -0.15) is 0 Å². The van der Waals surface area contributed by atoms with E-state index >= 15 is 0 Å². The fourth-order valence-electron chi connectivity index (χ4n) is 2.01. The summed E-state index contributed by atoms with van der Waals surface area (Å²) in [4.78, 5) is 13.8. The van der Waals surface area contributed by atoms with Crippen molar-refractivity contribution < 1.29 is 9.90 Å². The normalized spacial score (nSPS) is 19.2. The zero-order valence-corrected chi connectivity index (χ0v) is 8.65. The number of carboxylic acids is 1. The minimum absolute atomic E-state index is 0.297. The molecule has 1 rings (SSSR count). The van der Waals surface area contributed by atoms with Gasteiger partial charge in [0.15, 0.2) is 0 Å². The molecule has 84 valence electrons. The van der Waals surface area contributed by atoms with Crippen LogP contribution in [0.1, 0.15) is 32.1 Å². The number of azide groups is 1. The highest BCUT2D eigenvalue weighted by Crippen LogP contribution is 2.28. The van der Waals surface area contributed by atoms with E-state index in [0.29, 0.717) is 25.9 Å². The lowest BCUT2D eigenvalue weighted by atomic mass is 9.81. The van der Waals surface area contributed by atoms with Crippen LogP contribution in [-0.2, 0) is 4.79 Å². The molecule has 0 saturated heterocycles. The van der Waals surface area contributed by atoms with Crippen molar-refractivity contribution in [3.05, 3.63) is 10.4 Å². The Morgan fingerprint density at radius 2 is 2.13 bits per heavy atom. The molecule has 0 amide bonds.